The Balaban J connectivity index is 2.25. The molecule has 1 unspecified atom stereocenters. The van der Waals surface area contributed by atoms with Crippen molar-refractivity contribution in [3.8, 4) is 0 Å². The van der Waals surface area contributed by atoms with Gasteiger partial charge >= 0.3 is 0 Å². The van der Waals surface area contributed by atoms with E-state index in [9.17, 15) is 5.11 Å². The lowest BCUT2D eigenvalue weighted by atomic mass is 9.89. The molecule has 3 heteroatoms. The van der Waals surface area contributed by atoms with E-state index in [1.807, 2.05) is 6.92 Å². The summed E-state index contributed by atoms with van der Waals surface area (Å²) in [6.45, 7) is 6.70. The smallest absolute Gasteiger partial charge is 0.0766 e. The lowest BCUT2D eigenvalue weighted by molar-refractivity contribution is 0.0106. The summed E-state index contributed by atoms with van der Waals surface area (Å²) in [5.41, 5.74) is 5.25. The van der Waals surface area contributed by atoms with Crippen LogP contribution >= 0.6 is 0 Å². The third kappa shape index (κ3) is 4.09. The first-order valence-corrected chi connectivity index (χ1v) is 6.13. The van der Waals surface area contributed by atoms with Gasteiger partial charge in [-0.3, -0.25) is 0 Å². The number of hydrogen-bond acceptors (Lipinski definition) is 3. The second-order valence-electron chi connectivity index (χ2n) is 5.50. The van der Waals surface area contributed by atoms with Crippen molar-refractivity contribution in [3.05, 3.63) is 0 Å². The third-order valence-corrected chi connectivity index (χ3v) is 3.76. The molecule has 4 N–H and O–H groups in total. The van der Waals surface area contributed by atoms with E-state index in [0.717, 1.165) is 25.7 Å². The molecule has 0 aliphatic heterocycles. The van der Waals surface area contributed by atoms with Crippen LogP contribution in [0.2, 0.25) is 0 Å². The van der Waals surface area contributed by atoms with Crippen LogP contribution in [0.15, 0.2) is 0 Å². The quantitative estimate of drug-likeness (QED) is 0.660. The van der Waals surface area contributed by atoms with Crippen LogP contribution in [-0.4, -0.2) is 29.3 Å². The Bertz CT molecular complexity index is 184. The number of nitrogens with one attached hydrogen (secondary N) is 1. The van der Waals surface area contributed by atoms with Crippen molar-refractivity contribution in [2.45, 2.75) is 64.1 Å². The van der Waals surface area contributed by atoms with Crippen molar-refractivity contribution < 1.29 is 5.11 Å². The third-order valence-electron chi connectivity index (χ3n) is 3.76. The molecule has 1 atom stereocenters. The zero-order chi connectivity index (χ0) is 11.5. The molecular formula is C12H26N2O. The Morgan fingerprint density at radius 3 is 2.33 bits per heavy atom. The highest BCUT2D eigenvalue weighted by Crippen LogP contribution is 2.19. The van der Waals surface area contributed by atoms with E-state index in [1.165, 1.54) is 0 Å². The minimum absolute atomic E-state index is 0.288. The van der Waals surface area contributed by atoms with Crippen LogP contribution in [-0.2, 0) is 0 Å². The van der Waals surface area contributed by atoms with Gasteiger partial charge in [0.05, 0.1) is 5.60 Å². The molecule has 15 heavy (non-hydrogen) atoms. The van der Waals surface area contributed by atoms with E-state index in [-0.39, 0.29) is 5.92 Å². The van der Waals surface area contributed by atoms with Crippen LogP contribution in [0.5, 0.6) is 0 Å². The van der Waals surface area contributed by atoms with E-state index >= 15 is 0 Å². The molecule has 1 rings (SSSR count). The highest BCUT2D eigenvalue weighted by molar-refractivity contribution is 4.84. The van der Waals surface area contributed by atoms with E-state index in [0.29, 0.717) is 18.6 Å². The monoisotopic (exact) mass is 214 g/mol. The zero-order valence-corrected chi connectivity index (χ0v) is 10.3. The molecule has 0 aromatic heterocycles. The second kappa shape index (κ2) is 5.28. The number of hydrogen-bond donors (Lipinski definition) is 3. The topological polar surface area (TPSA) is 58.3 Å². The summed E-state index contributed by atoms with van der Waals surface area (Å²) < 4.78 is 0. The second-order valence-corrected chi connectivity index (χ2v) is 5.50. The lowest BCUT2D eigenvalue weighted by Gasteiger charge is -2.33. The minimum atomic E-state index is -0.598. The molecule has 3 nitrogen and oxygen atoms in total. The van der Waals surface area contributed by atoms with Crippen molar-refractivity contribution in [3.63, 3.8) is 0 Å². The molecule has 1 fully saturated rings. The molecular weight excluding hydrogens is 188 g/mol. The Morgan fingerprint density at radius 2 is 1.87 bits per heavy atom. The average Bonchev–Trinajstić information content (AvgIpc) is 2.17. The van der Waals surface area contributed by atoms with Crippen molar-refractivity contribution in [2.75, 3.05) is 6.54 Å². The summed E-state index contributed by atoms with van der Waals surface area (Å²) >= 11 is 0. The summed E-state index contributed by atoms with van der Waals surface area (Å²) in [5.74, 6) is 0.288. The Morgan fingerprint density at radius 1 is 1.33 bits per heavy atom. The molecule has 0 saturated heterocycles. The molecule has 0 heterocycles. The fourth-order valence-electron chi connectivity index (χ4n) is 1.88. The highest BCUT2D eigenvalue weighted by atomic mass is 16.3. The first-order chi connectivity index (χ1) is 6.92. The highest BCUT2D eigenvalue weighted by Gasteiger charge is 2.26. The van der Waals surface area contributed by atoms with Crippen LogP contribution in [0.25, 0.3) is 0 Å². The Labute approximate surface area is 93.4 Å². The maximum absolute atomic E-state index is 10.1. The molecule has 1 aliphatic carbocycles. The Hall–Kier alpha value is -0.120. The lowest BCUT2D eigenvalue weighted by Crippen LogP contribution is -2.47. The van der Waals surface area contributed by atoms with Crippen LogP contribution in [0.3, 0.4) is 0 Å². The molecule has 0 aromatic carbocycles. The van der Waals surface area contributed by atoms with Crippen molar-refractivity contribution in [1.29, 1.82) is 0 Å². The van der Waals surface area contributed by atoms with Crippen LogP contribution in [0, 0.1) is 5.92 Å². The Kier molecular flexibility index (Phi) is 4.56. The fourth-order valence-corrected chi connectivity index (χ4v) is 1.88. The molecule has 0 spiro atoms. The first-order valence-electron chi connectivity index (χ1n) is 6.13. The minimum Gasteiger partial charge on any atom is -0.389 e. The van der Waals surface area contributed by atoms with E-state index in [1.54, 1.807) is 0 Å². The van der Waals surface area contributed by atoms with Gasteiger partial charge in [0.1, 0.15) is 0 Å². The van der Waals surface area contributed by atoms with E-state index in [4.69, 9.17) is 5.73 Å². The van der Waals surface area contributed by atoms with Gasteiger partial charge in [0, 0.05) is 18.6 Å². The fraction of sp³-hybridized carbons (Fsp3) is 1.00. The standard InChI is InChI=1S/C12H26N2O/c1-9(2)12(3,15)8-14-11-6-4-10(13)5-7-11/h9-11,14-15H,4-8,13H2,1-3H3. The molecule has 90 valence electrons. The average molecular weight is 214 g/mol. The molecule has 0 aromatic rings. The van der Waals surface area contributed by atoms with Gasteiger partial charge in [-0.2, -0.15) is 0 Å². The maximum Gasteiger partial charge on any atom is 0.0766 e. The van der Waals surface area contributed by atoms with Crippen LogP contribution < -0.4 is 11.1 Å². The number of rotatable bonds is 4. The molecule has 1 saturated carbocycles. The van der Waals surface area contributed by atoms with Crippen molar-refractivity contribution in [1.82, 2.24) is 5.32 Å². The summed E-state index contributed by atoms with van der Waals surface area (Å²) in [5, 5.41) is 13.5. The van der Waals surface area contributed by atoms with Gasteiger partial charge in [0.2, 0.25) is 0 Å². The molecule has 0 radical (unpaired) electrons. The predicted octanol–water partition coefficient (Wildman–Crippen LogP) is 1.25. The summed E-state index contributed by atoms with van der Waals surface area (Å²) in [7, 11) is 0. The predicted molar refractivity (Wildman–Crippen MR) is 63.7 cm³/mol. The van der Waals surface area contributed by atoms with E-state index < -0.39 is 5.60 Å². The van der Waals surface area contributed by atoms with Gasteiger partial charge in [0.15, 0.2) is 0 Å². The maximum atomic E-state index is 10.1. The van der Waals surface area contributed by atoms with Gasteiger partial charge in [0.25, 0.3) is 0 Å². The largest absolute Gasteiger partial charge is 0.389 e. The number of aliphatic hydroxyl groups is 1. The van der Waals surface area contributed by atoms with Crippen molar-refractivity contribution >= 4 is 0 Å². The van der Waals surface area contributed by atoms with Gasteiger partial charge in [-0.05, 0) is 38.5 Å². The normalized spacial score (nSPS) is 31.6. The SMILES string of the molecule is CC(C)C(C)(O)CNC1CCC(N)CC1. The van der Waals surface area contributed by atoms with Gasteiger partial charge in [-0.1, -0.05) is 13.8 Å². The molecule has 1 aliphatic rings. The van der Waals surface area contributed by atoms with Crippen LogP contribution in [0.1, 0.15) is 46.5 Å². The molecule has 0 amide bonds. The molecule has 0 bridgehead atoms. The van der Waals surface area contributed by atoms with Gasteiger partial charge in [-0.15, -0.1) is 0 Å². The van der Waals surface area contributed by atoms with Gasteiger partial charge < -0.3 is 16.2 Å². The summed E-state index contributed by atoms with van der Waals surface area (Å²) in [6, 6.07) is 0.948. The van der Waals surface area contributed by atoms with E-state index in [2.05, 4.69) is 19.2 Å². The zero-order valence-electron chi connectivity index (χ0n) is 10.3. The van der Waals surface area contributed by atoms with Crippen LogP contribution in [0.4, 0.5) is 0 Å². The summed E-state index contributed by atoms with van der Waals surface area (Å²) in [4.78, 5) is 0. The number of nitrogens with two attached hydrogens (primary N) is 1. The van der Waals surface area contributed by atoms with Crippen molar-refractivity contribution in [2.24, 2.45) is 11.7 Å². The first kappa shape index (κ1) is 12.9. The summed E-state index contributed by atoms with van der Waals surface area (Å²) in [6.07, 6.45) is 4.52. The van der Waals surface area contributed by atoms with Gasteiger partial charge in [-0.25, -0.2) is 0 Å².